The van der Waals surface area contributed by atoms with Gasteiger partial charge < -0.3 is 14.2 Å². The first-order valence-corrected chi connectivity index (χ1v) is 6.89. The second-order valence-electron chi connectivity index (χ2n) is 5.19. The molecule has 0 aliphatic rings. The maximum Gasteiger partial charge on any atom is 0.325 e. The SMILES string of the molecule is COCCCOCCCC(C)(NC(C)C)C(=O)OC. The first kappa shape index (κ1) is 18.4. The van der Waals surface area contributed by atoms with Gasteiger partial charge in [-0.3, -0.25) is 10.1 Å². The molecule has 114 valence electrons. The number of carbonyl (C=O) groups is 1. The molecule has 1 N–H and O–H groups in total. The monoisotopic (exact) mass is 275 g/mol. The Bertz CT molecular complexity index is 246. The highest BCUT2D eigenvalue weighted by Gasteiger charge is 2.33. The Labute approximate surface area is 117 Å². The number of methoxy groups -OCH3 is 2. The van der Waals surface area contributed by atoms with Gasteiger partial charge in [0.15, 0.2) is 0 Å². The molecule has 0 aliphatic heterocycles. The molecule has 1 unspecified atom stereocenters. The molecule has 0 spiro atoms. The molecule has 1 atom stereocenters. The van der Waals surface area contributed by atoms with Crippen molar-refractivity contribution in [3.05, 3.63) is 0 Å². The van der Waals surface area contributed by atoms with Crippen LogP contribution >= 0.6 is 0 Å². The van der Waals surface area contributed by atoms with E-state index in [1.807, 2.05) is 20.8 Å². The second kappa shape index (κ2) is 10.2. The summed E-state index contributed by atoms with van der Waals surface area (Å²) in [7, 11) is 3.10. The Hall–Kier alpha value is -0.650. The fraction of sp³-hybridized carbons (Fsp3) is 0.929. The van der Waals surface area contributed by atoms with Crippen LogP contribution < -0.4 is 5.32 Å². The molecule has 0 bridgehead atoms. The van der Waals surface area contributed by atoms with E-state index in [1.54, 1.807) is 7.11 Å². The Kier molecular flexibility index (Phi) is 9.83. The molecule has 0 aliphatic carbocycles. The summed E-state index contributed by atoms with van der Waals surface area (Å²) in [4.78, 5) is 11.8. The molecule has 0 saturated carbocycles. The fourth-order valence-electron chi connectivity index (χ4n) is 2.03. The first-order valence-electron chi connectivity index (χ1n) is 6.89. The predicted octanol–water partition coefficient (Wildman–Crippen LogP) is 1.75. The first-order chi connectivity index (χ1) is 8.96. The quantitative estimate of drug-likeness (QED) is 0.460. The van der Waals surface area contributed by atoms with E-state index in [2.05, 4.69) is 5.32 Å². The van der Waals surface area contributed by atoms with Crippen LogP contribution in [0, 0.1) is 0 Å². The van der Waals surface area contributed by atoms with Crippen molar-refractivity contribution in [2.24, 2.45) is 0 Å². The van der Waals surface area contributed by atoms with Crippen LogP contribution in [0.25, 0.3) is 0 Å². The summed E-state index contributed by atoms with van der Waals surface area (Å²) < 4.78 is 15.3. The van der Waals surface area contributed by atoms with Gasteiger partial charge in [-0.05, 0) is 40.0 Å². The summed E-state index contributed by atoms with van der Waals surface area (Å²) in [6, 6.07) is 0.228. The molecule has 5 nitrogen and oxygen atoms in total. The summed E-state index contributed by atoms with van der Waals surface area (Å²) in [5.41, 5.74) is -0.640. The van der Waals surface area contributed by atoms with Crippen molar-refractivity contribution in [1.29, 1.82) is 0 Å². The molecule has 0 aromatic carbocycles. The lowest BCUT2D eigenvalue weighted by Gasteiger charge is -2.30. The molecule has 0 fully saturated rings. The predicted molar refractivity (Wildman–Crippen MR) is 75.2 cm³/mol. The normalized spacial score (nSPS) is 14.4. The van der Waals surface area contributed by atoms with Gasteiger partial charge in [0.1, 0.15) is 5.54 Å². The zero-order valence-corrected chi connectivity index (χ0v) is 13.0. The lowest BCUT2D eigenvalue weighted by Crippen LogP contribution is -2.53. The Morgan fingerprint density at radius 3 is 2.32 bits per heavy atom. The van der Waals surface area contributed by atoms with E-state index < -0.39 is 5.54 Å². The van der Waals surface area contributed by atoms with E-state index in [0.29, 0.717) is 19.6 Å². The van der Waals surface area contributed by atoms with Gasteiger partial charge in [0.2, 0.25) is 0 Å². The molecule has 19 heavy (non-hydrogen) atoms. The third-order valence-electron chi connectivity index (χ3n) is 2.85. The lowest BCUT2D eigenvalue weighted by molar-refractivity contribution is -0.148. The van der Waals surface area contributed by atoms with Gasteiger partial charge in [0.25, 0.3) is 0 Å². The van der Waals surface area contributed by atoms with Crippen LogP contribution in [0.1, 0.15) is 40.0 Å². The van der Waals surface area contributed by atoms with E-state index in [-0.39, 0.29) is 12.0 Å². The van der Waals surface area contributed by atoms with Gasteiger partial charge in [-0.15, -0.1) is 0 Å². The highest BCUT2D eigenvalue weighted by atomic mass is 16.5. The Morgan fingerprint density at radius 1 is 1.16 bits per heavy atom. The fourth-order valence-corrected chi connectivity index (χ4v) is 2.03. The zero-order valence-electron chi connectivity index (χ0n) is 13.0. The number of rotatable bonds is 11. The van der Waals surface area contributed by atoms with Crippen LogP contribution in [-0.2, 0) is 19.0 Å². The van der Waals surface area contributed by atoms with Gasteiger partial charge in [-0.2, -0.15) is 0 Å². The van der Waals surface area contributed by atoms with Crippen LogP contribution in [-0.4, -0.2) is 51.6 Å². The minimum atomic E-state index is -0.640. The standard InChI is InChI=1S/C14H29NO4/c1-12(2)15-14(3,13(16)18-5)8-6-10-19-11-7-9-17-4/h12,15H,6-11H2,1-5H3. The van der Waals surface area contributed by atoms with Crippen molar-refractivity contribution in [3.8, 4) is 0 Å². The summed E-state index contributed by atoms with van der Waals surface area (Å²) in [6.45, 7) is 7.97. The minimum Gasteiger partial charge on any atom is -0.468 e. The van der Waals surface area contributed by atoms with Crippen LogP contribution in [0.3, 0.4) is 0 Å². The highest BCUT2D eigenvalue weighted by molar-refractivity contribution is 5.80. The van der Waals surface area contributed by atoms with Crippen molar-refractivity contribution in [2.75, 3.05) is 34.0 Å². The largest absolute Gasteiger partial charge is 0.468 e. The molecule has 0 aromatic rings. The van der Waals surface area contributed by atoms with E-state index in [9.17, 15) is 4.79 Å². The third-order valence-corrected chi connectivity index (χ3v) is 2.85. The molecule has 0 saturated heterocycles. The number of hydrogen-bond acceptors (Lipinski definition) is 5. The van der Waals surface area contributed by atoms with Crippen LogP contribution in [0.15, 0.2) is 0 Å². The molecule has 0 radical (unpaired) electrons. The zero-order chi connectivity index (χ0) is 14.7. The van der Waals surface area contributed by atoms with Crippen molar-refractivity contribution in [2.45, 2.75) is 51.6 Å². The maximum atomic E-state index is 11.8. The van der Waals surface area contributed by atoms with Crippen molar-refractivity contribution >= 4 is 5.97 Å². The lowest BCUT2D eigenvalue weighted by atomic mass is 9.95. The van der Waals surface area contributed by atoms with Crippen LogP contribution in [0.2, 0.25) is 0 Å². The maximum absolute atomic E-state index is 11.8. The number of esters is 1. The third kappa shape index (κ3) is 8.18. The van der Waals surface area contributed by atoms with Crippen LogP contribution in [0.4, 0.5) is 0 Å². The summed E-state index contributed by atoms with van der Waals surface area (Å²) in [6.07, 6.45) is 2.41. The molecular formula is C14H29NO4. The number of hydrogen-bond donors (Lipinski definition) is 1. The van der Waals surface area contributed by atoms with Crippen molar-refractivity contribution in [3.63, 3.8) is 0 Å². The molecule has 0 amide bonds. The molecule has 0 heterocycles. The van der Waals surface area contributed by atoms with E-state index in [4.69, 9.17) is 14.2 Å². The average molecular weight is 275 g/mol. The minimum absolute atomic E-state index is 0.222. The van der Waals surface area contributed by atoms with Crippen LogP contribution in [0.5, 0.6) is 0 Å². The smallest absolute Gasteiger partial charge is 0.325 e. The number of ether oxygens (including phenoxy) is 3. The summed E-state index contributed by atoms with van der Waals surface area (Å²) in [5.74, 6) is -0.222. The van der Waals surface area contributed by atoms with Crippen molar-refractivity contribution in [1.82, 2.24) is 5.32 Å². The van der Waals surface area contributed by atoms with Gasteiger partial charge in [-0.25, -0.2) is 0 Å². The highest BCUT2D eigenvalue weighted by Crippen LogP contribution is 2.15. The van der Waals surface area contributed by atoms with E-state index in [1.165, 1.54) is 7.11 Å². The van der Waals surface area contributed by atoms with Gasteiger partial charge in [0.05, 0.1) is 7.11 Å². The molecule has 0 rings (SSSR count). The number of carbonyl (C=O) groups excluding carboxylic acids is 1. The summed E-state index contributed by atoms with van der Waals surface area (Å²) >= 11 is 0. The topological polar surface area (TPSA) is 56.8 Å². The Balaban J connectivity index is 3.97. The summed E-state index contributed by atoms with van der Waals surface area (Å²) in [5, 5.41) is 3.27. The van der Waals surface area contributed by atoms with E-state index in [0.717, 1.165) is 19.4 Å². The van der Waals surface area contributed by atoms with E-state index >= 15 is 0 Å². The molecular weight excluding hydrogens is 246 g/mol. The molecule has 5 heteroatoms. The van der Waals surface area contributed by atoms with Gasteiger partial charge in [0, 0.05) is 33.0 Å². The average Bonchev–Trinajstić information content (AvgIpc) is 2.35. The molecule has 0 aromatic heterocycles. The second-order valence-corrected chi connectivity index (χ2v) is 5.19. The van der Waals surface area contributed by atoms with Gasteiger partial charge in [-0.1, -0.05) is 0 Å². The van der Waals surface area contributed by atoms with Crippen molar-refractivity contribution < 1.29 is 19.0 Å². The van der Waals surface area contributed by atoms with Gasteiger partial charge >= 0.3 is 5.97 Å². The Morgan fingerprint density at radius 2 is 1.79 bits per heavy atom. The number of nitrogens with one attached hydrogen (secondary N) is 1.